The molecule has 0 aliphatic carbocycles. The van der Waals surface area contributed by atoms with E-state index in [1.54, 1.807) is 17.8 Å². The number of hydrogen-bond donors (Lipinski definition) is 0. The molecule has 0 saturated carbocycles. The molecule has 0 N–H and O–H groups in total. The van der Waals surface area contributed by atoms with Gasteiger partial charge in [-0.2, -0.15) is 4.98 Å². The van der Waals surface area contributed by atoms with Crippen LogP contribution in [0.1, 0.15) is 5.56 Å². The number of furan rings is 1. The molecule has 2 aromatic carbocycles. The molecule has 0 spiro atoms. The van der Waals surface area contributed by atoms with Crippen molar-refractivity contribution in [2.24, 2.45) is 0 Å². The van der Waals surface area contributed by atoms with Gasteiger partial charge in [0.05, 0.1) is 13.2 Å². The quantitative estimate of drug-likeness (QED) is 0.546. The van der Waals surface area contributed by atoms with Gasteiger partial charge in [0, 0.05) is 18.1 Å². The molecule has 130 valence electrons. The van der Waals surface area contributed by atoms with Crippen LogP contribution in [0.4, 0.5) is 0 Å². The lowest BCUT2D eigenvalue weighted by molar-refractivity contribution is 0.187. The van der Waals surface area contributed by atoms with E-state index in [0.717, 1.165) is 27.6 Å². The highest BCUT2D eigenvalue weighted by Gasteiger charge is 2.19. The second-order valence-corrected chi connectivity index (χ2v) is 5.99. The van der Waals surface area contributed by atoms with Crippen LogP contribution in [-0.4, -0.2) is 23.3 Å². The van der Waals surface area contributed by atoms with Gasteiger partial charge >= 0.3 is 5.69 Å². The number of hydrogen-bond acceptors (Lipinski definition) is 4. The van der Waals surface area contributed by atoms with Gasteiger partial charge in [0.15, 0.2) is 5.58 Å². The highest BCUT2D eigenvalue weighted by Crippen LogP contribution is 2.33. The van der Waals surface area contributed by atoms with Gasteiger partial charge in [0.1, 0.15) is 16.8 Å². The predicted octanol–water partition coefficient (Wildman–Crippen LogP) is 4.10. The standard InChI is InChI=1S/C21H18N2O3/c1-3-14-8-10-15(11-9-14)18-20-19(16-6-4-5-7-17(16)26-20)23(12-13-25-2)21(24)22-18/h3-11H,1,12-13H2,2H3. The Bertz CT molecular complexity index is 1150. The number of fused-ring (bicyclic) bond motifs is 3. The first-order valence-electron chi connectivity index (χ1n) is 8.37. The molecular formula is C21H18N2O3. The summed E-state index contributed by atoms with van der Waals surface area (Å²) in [6.07, 6.45) is 1.77. The first-order valence-corrected chi connectivity index (χ1v) is 8.37. The van der Waals surface area contributed by atoms with E-state index in [-0.39, 0.29) is 5.69 Å². The molecule has 0 radical (unpaired) electrons. The zero-order valence-electron chi connectivity index (χ0n) is 14.4. The van der Waals surface area contributed by atoms with Gasteiger partial charge in [0.25, 0.3) is 0 Å². The Morgan fingerprint density at radius 1 is 1.19 bits per heavy atom. The van der Waals surface area contributed by atoms with Gasteiger partial charge in [-0.1, -0.05) is 49.1 Å². The predicted molar refractivity (Wildman–Crippen MR) is 103 cm³/mol. The van der Waals surface area contributed by atoms with E-state index in [2.05, 4.69) is 11.6 Å². The topological polar surface area (TPSA) is 57.3 Å². The molecule has 0 bridgehead atoms. The third kappa shape index (κ3) is 2.62. The van der Waals surface area contributed by atoms with Crippen molar-refractivity contribution in [1.82, 2.24) is 9.55 Å². The number of aromatic nitrogens is 2. The summed E-state index contributed by atoms with van der Waals surface area (Å²) in [5.41, 5.74) is 4.15. The van der Waals surface area contributed by atoms with Gasteiger partial charge in [0.2, 0.25) is 0 Å². The molecule has 0 amide bonds. The Hall–Kier alpha value is -3.18. The van der Waals surface area contributed by atoms with Crippen molar-refractivity contribution in [2.45, 2.75) is 6.54 Å². The minimum absolute atomic E-state index is 0.316. The summed E-state index contributed by atoms with van der Waals surface area (Å²) in [4.78, 5) is 17.0. The maximum absolute atomic E-state index is 12.7. The normalized spacial score (nSPS) is 11.3. The van der Waals surface area contributed by atoms with Crippen molar-refractivity contribution in [3.05, 3.63) is 71.2 Å². The van der Waals surface area contributed by atoms with Crippen LogP contribution < -0.4 is 5.69 Å². The van der Waals surface area contributed by atoms with E-state index in [0.29, 0.717) is 24.4 Å². The molecule has 4 rings (SSSR count). The summed E-state index contributed by atoms with van der Waals surface area (Å²) in [7, 11) is 1.61. The van der Waals surface area contributed by atoms with Crippen molar-refractivity contribution in [3.63, 3.8) is 0 Å². The van der Waals surface area contributed by atoms with E-state index < -0.39 is 0 Å². The lowest BCUT2D eigenvalue weighted by Gasteiger charge is -2.09. The minimum atomic E-state index is -0.316. The van der Waals surface area contributed by atoms with Crippen molar-refractivity contribution in [2.75, 3.05) is 13.7 Å². The molecule has 0 saturated heterocycles. The molecule has 0 fully saturated rings. The van der Waals surface area contributed by atoms with Crippen molar-refractivity contribution >= 4 is 28.1 Å². The van der Waals surface area contributed by atoms with Crippen LogP contribution in [0.5, 0.6) is 0 Å². The van der Waals surface area contributed by atoms with Gasteiger partial charge in [-0.15, -0.1) is 0 Å². The Labute approximate surface area is 150 Å². The molecule has 26 heavy (non-hydrogen) atoms. The molecule has 2 heterocycles. The molecule has 4 aromatic rings. The number of ether oxygens (including phenoxy) is 1. The lowest BCUT2D eigenvalue weighted by atomic mass is 10.1. The molecular weight excluding hydrogens is 328 g/mol. The van der Waals surface area contributed by atoms with Gasteiger partial charge in [-0.05, 0) is 17.7 Å². The van der Waals surface area contributed by atoms with Gasteiger partial charge in [-0.3, -0.25) is 4.57 Å². The Balaban J connectivity index is 2.05. The van der Waals surface area contributed by atoms with Crippen LogP contribution in [0.15, 0.2) is 64.3 Å². The maximum atomic E-state index is 12.7. The number of benzene rings is 2. The van der Waals surface area contributed by atoms with E-state index in [9.17, 15) is 4.79 Å². The SMILES string of the molecule is C=Cc1ccc(-c2nc(=O)n(CCOC)c3c2oc2ccccc23)cc1. The maximum Gasteiger partial charge on any atom is 0.348 e. The largest absolute Gasteiger partial charge is 0.452 e. The monoisotopic (exact) mass is 346 g/mol. The van der Waals surface area contributed by atoms with Crippen molar-refractivity contribution in [1.29, 1.82) is 0 Å². The third-order valence-electron chi connectivity index (χ3n) is 4.43. The summed E-state index contributed by atoms with van der Waals surface area (Å²) in [5, 5.41) is 0.891. The fourth-order valence-electron chi connectivity index (χ4n) is 3.13. The minimum Gasteiger partial charge on any atom is -0.452 e. The fourth-order valence-corrected chi connectivity index (χ4v) is 3.13. The molecule has 5 heteroatoms. The smallest absolute Gasteiger partial charge is 0.348 e. The fraction of sp³-hybridized carbons (Fsp3) is 0.143. The summed E-state index contributed by atoms with van der Waals surface area (Å²) in [6, 6.07) is 15.4. The summed E-state index contributed by atoms with van der Waals surface area (Å²) >= 11 is 0. The van der Waals surface area contributed by atoms with Crippen LogP contribution in [0.3, 0.4) is 0 Å². The molecule has 0 unspecified atom stereocenters. The highest BCUT2D eigenvalue weighted by atomic mass is 16.5. The Kier molecular flexibility index (Phi) is 4.14. The third-order valence-corrected chi connectivity index (χ3v) is 4.43. The molecule has 2 aromatic heterocycles. The second-order valence-electron chi connectivity index (χ2n) is 5.99. The van der Waals surface area contributed by atoms with Crippen LogP contribution in [-0.2, 0) is 11.3 Å². The Morgan fingerprint density at radius 3 is 2.69 bits per heavy atom. The zero-order chi connectivity index (χ0) is 18.1. The van der Waals surface area contributed by atoms with Crippen LogP contribution in [0.2, 0.25) is 0 Å². The number of rotatable bonds is 5. The Morgan fingerprint density at radius 2 is 1.96 bits per heavy atom. The molecule has 0 aliphatic heterocycles. The van der Waals surface area contributed by atoms with Gasteiger partial charge in [-0.25, -0.2) is 4.79 Å². The van der Waals surface area contributed by atoms with E-state index in [1.165, 1.54) is 0 Å². The number of nitrogens with zero attached hydrogens (tertiary/aromatic N) is 2. The van der Waals surface area contributed by atoms with E-state index in [1.807, 2.05) is 48.5 Å². The van der Waals surface area contributed by atoms with Crippen LogP contribution in [0.25, 0.3) is 39.4 Å². The molecule has 0 aliphatic rings. The van der Waals surface area contributed by atoms with E-state index in [4.69, 9.17) is 9.15 Å². The van der Waals surface area contributed by atoms with Crippen LogP contribution >= 0.6 is 0 Å². The lowest BCUT2D eigenvalue weighted by Crippen LogP contribution is -2.25. The van der Waals surface area contributed by atoms with Crippen LogP contribution in [0, 0.1) is 0 Å². The van der Waals surface area contributed by atoms with E-state index >= 15 is 0 Å². The average Bonchev–Trinajstić information content (AvgIpc) is 3.06. The molecule has 0 atom stereocenters. The number of para-hydroxylation sites is 1. The summed E-state index contributed by atoms with van der Waals surface area (Å²) < 4.78 is 12.9. The first-order chi connectivity index (χ1) is 12.7. The van der Waals surface area contributed by atoms with Crippen molar-refractivity contribution < 1.29 is 9.15 Å². The van der Waals surface area contributed by atoms with Crippen molar-refractivity contribution in [3.8, 4) is 11.3 Å². The van der Waals surface area contributed by atoms with Gasteiger partial charge < -0.3 is 9.15 Å². The number of methoxy groups -OCH3 is 1. The highest BCUT2D eigenvalue weighted by molar-refractivity contribution is 6.06. The zero-order valence-corrected chi connectivity index (χ0v) is 14.4. The summed E-state index contributed by atoms with van der Waals surface area (Å²) in [5.74, 6) is 0. The average molecular weight is 346 g/mol. The second kappa shape index (κ2) is 6.61. The first kappa shape index (κ1) is 16.3. The summed E-state index contributed by atoms with van der Waals surface area (Å²) in [6.45, 7) is 4.60. The molecule has 5 nitrogen and oxygen atoms in total.